The third-order valence-electron chi connectivity index (χ3n) is 3.84. The number of benzene rings is 2. The van der Waals surface area contributed by atoms with Crippen LogP contribution in [0.4, 0.5) is 0 Å². The Morgan fingerprint density at radius 2 is 1.86 bits per heavy atom. The molecule has 1 heterocycles. The van der Waals surface area contributed by atoms with Gasteiger partial charge in [0.05, 0.1) is 0 Å². The van der Waals surface area contributed by atoms with Crippen molar-refractivity contribution >= 4 is 40.3 Å². The molecule has 1 N–H and O–H groups in total. The molecule has 0 bridgehead atoms. The van der Waals surface area contributed by atoms with E-state index in [0.29, 0.717) is 34.7 Å². The first kappa shape index (κ1) is 21.0. The number of hydrazone groups is 1. The van der Waals surface area contributed by atoms with Crippen molar-refractivity contribution in [2.75, 3.05) is 13.2 Å². The van der Waals surface area contributed by atoms with Crippen molar-refractivity contribution in [3.63, 3.8) is 0 Å². The van der Waals surface area contributed by atoms with Gasteiger partial charge in [-0.2, -0.15) is 0 Å². The lowest BCUT2D eigenvalue weighted by molar-refractivity contribution is -0.129. The van der Waals surface area contributed by atoms with Crippen molar-refractivity contribution in [1.82, 2.24) is 10.3 Å². The summed E-state index contributed by atoms with van der Waals surface area (Å²) in [6, 6.07) is 14.6. The number of amides is 2. The molecule has 2 aromatic carbocycles. The molecule has 1 aliphatic rings. The van der Waals surface area contributed by atoms with E-state index in [-0.39, 0.29) is 11.8 Å². The maximum absolute atomic E-state index is 12.1. The first-order valence-corrected chi connectivity index (χ1v) is 10.1. The lowest BCUT2D eigenvalue weighted by Gasteiger charge is -2.22. The Labute approximate surface area is 178 Å². The predicted octanol–water partition coefficient (Wildman–Crippen LogP) is 3.80. The van der Waals surface area contributed by atoms with Gasteiger partial charge < -0.3 is 14.8 Å². The average Bonchev–Trinajstić information content (AvgIpc) is 3.10. The van der Waals surface area contributed by atoms with Gasteiger partial charge in [0.15, 0.2) is 5.17 Å². The standard InChI is InChI=1S/C20H20ClN3O4S/c1-13(25)22-20-23-24(14(2)26)19(29-20)17-12-15(21)8-9-18(17)28-11-10-27-16-6-4-3-5-7-16/h3-9,12,19H,10-11H2,1-2H3,(H,22,23,25)/t19-/m0/s1. The zero-order valence-corrected chi connectivity index (χ0v) is 17.5. The molecule has 1 aliphatic heterocycles. The van der Waals surface area contributed by atoms with Gasteiger partial charge in [-0.3, -0.25) is 9.59 Å². The molecule has 2 aromatic rings. The zero-order chi connectivity index (χ0) is 20.8. The first-order chi connectivity index (χ1) is 13.9. The zero-order valence-electron chi connectivity index (χ0n) is 15.9. The van der Waals surface area contributed by atoms with Gasteiger partial charge in [-0.05, 0) is 30.3 Å². The monoisotopic (exact) mass is 433 g/mol. The Bertz CT molecular complexity index is 923. The molecule has 0 spiro atoms. The summed E-state index contributed by atoms with van der Waals surface area (Å²) in [5.41, 5.74) is 0.682. The molecule has 0 unspecified atom stereocenters. The second-order valence-electron chi connectivity index (χ2n) is 6.11. The van der Waals surface area contributed by atoms with E-state index in [1.54, 1.807) is 18.2 Å². The number of halogens is 1. The third-order valence-corrected chi connectivity index (χ3v) is 5.16. The number of carbonyl (C=O) groups excluding carboxylic acids is 2. The Morgan fingerprint density at radius 3 is 2.55 bits per heavy atom. The summed E-state index contributed by atoms with van der Waals surface area (Å²) in [5, 5.41) is 8.46. The van der Waals surface area contributed by atoms with Crippen molar-refractivity contribution in [2.24, 2.45) is 5.10 Å². The molecule has 152 valence electrons. The van der Waals surface area contributed by atoms with Crippen molar-refractivity contribution < 1.29 is 19.1 Å². The SMILES string of the molecule is CC(=O)NC1=NN(C(C)=O)[C@H](c2cc(Cl)ccc2OCCOc2ccccc2)S1. The van der Waals surface area contributed by atoms with E-state index in [1.807, 2.05) is 30.3 Å². The molecular weight excluding hydrogens is 414 g/mol. The summed E-state index contributed by atoms with van der Waals surface area (Å²) in [5.74, 6) is 0.797. The predicted molar refractivity (Wildman–Crippen MR) is 113 cm³/mol. The quantitative estimate of drug-likeness (QED) is 0.701. The minimum Gasteiger partial charge on any atom is -0.490 e. The minimum absolute atomic E-state index is 0.263. The van der Waals surface area contributed by atoms with E-state index >= 15 is 0 Å². The molecule has 0 radical (unpaired) electrons. The van der Waals surface area contributed by atoms with Crippen molar-refractivity contribution in [3.8, 4) is 11.5 Å². The molecular formula is C20H20ClN3O4S. The van der Waals surface area contributed by atoms with Crippen LogP contribution in [0.2, 0.25) is 5.02 Å². The van der Waals surface area contributed by atoms with Crippen LogP contribution in [0.15, 0.2) is 53.6 Å². The first-order valence-electron chi connectivity index (χ1n) is 8.87. The van der Waals surface area contributed by atoms with E-state index in [9.17, 15) is 9.59 Å². The van der Waals surface area contributed by atoms with Crippen LogP contribution in [-0.4, -0.2) is 35.2 Å². The molecule has 29 heavy (non-hydrogen) atoms. The van der Waals surface area contributed by atoms with E-state index in [0.717, 1.165) is 5.75 Å². The second kappa shape index (κ2) is 9.67. The molecule has 0 aliphatic carbocycles. The molecule has 7 nitrogen and oxygen atoms in total. The van der Waals surface area contributed by atoms with Crippen LogP contribution in [0.1, 0.15) is 24.8 Å². The summed E-state index contributed by atoms with van der Waals surface area (Å²) in [4.78, 5) is 23.4. The van der Waals surface area contributed by atoms with Gasteiger partial charge >= 0.3 is 0 Å². The Kier molecular flexibility index (Phi) is 7.00. The van der Waals surface area contributed by atoms with Gasteiger partial charge in [0, 0.05) is 24.4 Å². The lowest BCUT2D eigenvalue weighted by atomic mass is 10.2. The molecule has 2 amide bonds. The van der Waals surface area contributed by atoms with Crippen molar-refractivity contribution in [3.05, 3.63) is 59.1 Å². The van der Waals surface area contributed by atoms with Crippen LogP contribution in [0.25, 0.3) is 0 Å². The largest absolute Gasteiger partial charge is 0.490 e. The number of amidine groups is 1. The number of hydrogen-bond acceptors (Lipinski definition) is 6. The number of hydrogen-bond donors (Lipinski definition) is 1. The Morgan fingerprint density at radius 1 is 1.14 bits per heavy atom. The van der Waals surface area contributed by atoms with Gasteiger partial charge in [-0.25, -0.2) is 5.01 Å². The van der Waals surface area contributed by atoms with Crippen LogP contribution in [0, 0.1) is 0 Å². The normalized spacial score (nSPS) is 15.6. The fourth-order valence-electron chi connectivity index (χ4n) is 2.64. The second-order valence-corrected chi connectivity index (χ2v) is 7.62. The van der Waals surface area contributed by atoms with Crippen LogP contribution in [-0.2, 0) is 9.59 Å². The van der Waals surface area contributed by atoms with Gasteiger partial charge in [-0.1, -0.05) is 41.6 Å². The molecule has 0 fully saturated rings. The molecule has 0 saturated heterocycles. The number of carbonyl (C=O) groups is 2. The van der Waals surface area contributed by atoms with E-state index in [4.69, 9.17) is 21.1 Å². The molecule has 0 aromatic heterocycles. The highest BCUT2D eigenvalue weighted by molar-refractivity contribution is 8.14. The molecule has 1 atom stereocenters. The Balaban J connectivity index is 1.72. The summed E-state index contributed by atoms with van der Waals surface area (Å²) >= 11 is 7.43. The van der Waals surface area contributed by atoms with Crippen molar-refractivity contribution in [1.29, 1.82) is 0 Å². The minimum atomic E-state index is -0.502. The maximum Gasteiger partial charge on any atom is 0.241 e. The van der Waals surface area contributed by atoms with Crippen LogP contribution >= 0.6 is 23.4 Å². The summed E-state index contributed by atoms with van der Waals surface area (Å²) in [7, 11) is 0. The number of thioether (sulfide) groups is 1. The van der Waals surface area contributed by atoms with Gasteiger partial charge in [0.1, 0.15) is 30.1 Å². The van der Waals surface area contributed by atoms with Gasteiger partial charge in [-0.15, -0.1) is 5.10 Å². The van der Waals surface area contributed by atoms with Crippen LogP contribution < -0.4 is 14.8 Å². The number of nitrogens with zero attached hydrogens (tertiary/aromatic N) is 2. The average molecular weight is 434 g/mol. The number of para-hydroxylation sites is 1. The van der Waals surface area contributed by atoms with Crippen molar-refractivity contribution in [2.45, 2.75) is 19.2 Å². The Hall–Kier alpha value is -2.71. The van der Waals surface area contributed by atoms with E-state index < -0.39 is 5.37 Å². The summed E-state index contributed by atoms with van der Waals surface area (Å²) < 4.78 is 11.5. The highest BCUT2D eigenvalue weighted by Gasteiger charge is 2.34. The molecule has 3 rings (SSSR count). The van der Waals surface area contributed by atoms with Gasteiger partial charge in [0.2, 0.25) is 11.8 Å². The maximum atomic E-state index is 12.1. The highest BCUT2D eigenvalue weighted by Crippen LogP contribution is 2.43. The van der Waals surface area contributed by atoms with Crippen LogP contribution in [0.5, 0.6) is 11.5 Å². The highest BCUT2D eigenvalue weighted by atomic mass is 35.5. The van der Waals surface area contributed by atoms with Gasteiger partial charge in [0.25, 0.3) is 0 Å². The number of nitrogens with one attached hydrogen (secondary N) is 1. The topological polar surface area (TPSA) is 80.2 Å². The number of ether oxygens (including phenoxy) is 2. The molecule has 9 heteroatoms. The van der Waals surface area contributed by atoms with E-state index in [1.165, 1.54) is 30.6 Å². The number of rotatable bonds is 6. The lowest BCUT2D eigenvalue weighted by Crippen LogP contribution is -2.25. The smallest absolute Gasteiger partial charge is 0.241 e. The summed E-state index contributed by atoms with van der Waals surface area (Å²) in [6.45, 7) is 3.45. The fraction of sp³-hybridized carbons (Fsp3) is 0.250. The molecule has 0 saturated carbocycles. The fourth-order valence-corrected chi connectivity index (χ4v) is 3.97. The van der Waals surface area contributed by atoms with E-state index in [2.05, 4.69) is 10.4 Å². The van der Waals surface area contributed by atoms with Crippen LogP contribution in [0.3, 0.4) is 0 Å². The summed E-state index contributed by atoms with van der Waals surface area (Å²) in [6.07, 6.45) is 0. The third kappa shape index (κ3) is 5.65.